The summed E-state index contributed by atoms with van der Waals surface area (Å²) in [6, 6.07) is 12.7. The van der Waals surface area contributed by atoms with Crippen LogP contribution in [0.1, 0.15) is 114 Å². The minimum atomic E-state index is 0.209. The van der Waals surface area contributed by atoms with Crippen LogP contribution < -0.4 is 0 Å². The van der Waals surface area contributed by atoms with E-state index < -0.39 is 0 Å². The highest BCUT2D eigenvalue weighted by atomic mass is 16.3. The van der Waals surface area contributed by atoms with E-state index in [0.717, 1.165) is 11.6 Å². The van der Waals surface area contributed by atoms with Gasteiger partial charge in [-0.05, 0) is 97.6 Å². The number of phenols is 1. The van der Waals surface area contributed by atoms with Crippen molar-refractivity contribution in [3.63, 3.8) is 0 Å². The van der Waals surface area contributed by atoms with E-state index in [2.05, 4.69) is 55.3 Å². The largest absolute Gasteiger partial charge is 0.506 e. The van der Waals surface area contributed by atoms with Gasteiger partial charge in [-0.2, -0.15) is 5.11 Å². The molecule has 178 valence electrons. The lowest BCUT2D eigenvalue weighted by Crippen LogP contribution is -2.35. The minimum Gasteiger partial charge on any atom is -0.506 e. The van der Waals surface area contributed by atoms with Crippen molar-refractivity contribution in [1.82, 2.24) is 0 Å². The summed E-state index contributed by atoms with van der Waals surface area (Å²) in [5, 5.41) is 19.5. The van der Waals surface area contributed by atoms with Gasteiger partial charge in [0, 0.05) is 0 Å². The highest BCUT2D eigenvalue weighted by molar-refractivity contribution is 5.54. The summed E-state index contributed by atoms with van der Waals surface area (Å²) < 4.78 is 0. The van der Waals surface area contributed by atoms with Crippen molar-refractivity contribution in [2.24, 2.45) is 16.1 Å². The predicted octanol–water partition coefficient (Wildman–Crippen LogP) is 9.80. The number of aromatic hydroxyl groups is 1. The number of azo groups is 1. The Hall–Kier alpha value is -2.16. The zero-order chi connectivity index (χ0) is 23.3. The molecule has 3 nitrogen and oxygen atoms in total. The molecule has 0 radical (unpaired) electrons. The average molecular weight is 447 g/mol. The standard InChI is InChI=1S/C30H42N2O/c1-4-30(5-2,25-14-10-7-11-15-25)26-17-18-27(22(3)20-26)31-32-28-21-24(16-19-29(28)33)23-12-8-6-9-13-23/h16-21,23,25,33H,4-15H2,1-3H3. The fourth-order valence-electron chi connectivity index (χ4n) is 6.62. The van der Waals surface area contributed by atoms with E-state index in [1.54, 1.807) is 6.07 Å². The fourth-order valence-corrected chi connectivity index (χ4v) is 6.62. The van der Waals surface area contributed by atoms with E-state index in [1.165, 1.54) is 93.7 Å². The first-order chi connectivity index (χ1) is 16.1. The maximum absolute atomic E-state index is 10.4. The lowest BCUT2D eigenvalue weighted by Gasteiger charge is -2.42. The maximum atomic E-state index is 10.4. The number of hydrogen-bond acceptors (Lipinski definition) is 3. The molecular weight excluding hydrogens is 404 g/mol. The van der Waals surface area contributed by atoms with Gasteiger partial charge in [0.25, 0.3) is 0 Å². The van der Waals surface area contributed by atoms with Gasteiger partial charge in [-0.25, -0.2) is 0 Å². The Bertz CT molecular complexity index is 948. The summed E-state index contributed by atoms with van der Waals surface area (Å²) in [4.78, 5) is 0. The molecule has 2 saturated carbocycles. The number of benzene rings is 2. The van der Waals surface area contributed by atoms with Crippen LogP contribution in [0.25, 0.3) is 0 Å². The maximum Gasteiger partial charge on any atom is 0.143 e. The van der Waals surface area contributed by atoms with Crippen molar-refractivity contribution in [2.75, 3.05) is 0 Å². The van der Waals surface area contributed by atoms with Gasteiger partial charge in [-0.1, -0.05) is 70.6 Å². The smallest absolute Gasteiger partial charge is 0.143 e. The van der Waals surface area contributed by atoms with Crippen LogP contribution in [0.2, 0.25) is 0 Å². The Balaban J connectivity index is 1.57. The molecule has 0 bridgehead atoms. The summed E-state index contributed by atoms with van der Waals surface area (Å²) in [6.45, 7) is 6.87. The van der Waals surface area contributed by atoms with Crippen LogP contribution in [-0.2, 0) is 5.41 Å². The number of rotatable bonds is 7. The van der Waals surface area contributed by atoms with Gasteiger partial charge in [-0.15, -0.1) is 5.11 Å². The Morgan fingerprint density at radius 2 is 1.42 bits per heavy atom. The van der Waals surface area contributed by atoms with E-state index in [4.69, 9.17) is 0 Å². The van der Waals surface area contributed by atoms with Crippen LogP contribution in [-0.4, -0.2) is 5.11 Å². The molecule has 0 saturated heterocycles. The number of aryl methyl sites for hydroxylation is 1. The molecule has 3 heteroatoms. The minimum absolute atomic E-state index is 0.209. The Kier molecular flexibility index (Phi) is 7.88. The molecule has 0 spiro atoms. The van der Waals surface area contributed by atoms with Gasteiger partial charge in [0.2, 0.25) is 0 Å². The second-order valence-electron chi connectivity index (χ2n) is 10.5. The molecule has 0 unspecified atom stereocenters. The van der Waals surface area contributed by atoms with Crippen LogP contribution in [0.3, 0.4) is 0 Å². The molecule has 0 aromatic heterocycles. The van der Waals surface area contributed by atoms with Gasteiger partial charge in [0.1, 0.15) is 11.4 Å². The Labute approximate surface area is 200 Å². The van der Waals surface area contributed by atoms with Crippen molar-refractivity contribution >= 4 is 11.4 Å². The van der Waals surface area contributed by atoms with E-state index >= 15 is 0 Å². The van der Waals surface area contributed by atoms with Gasteiger partial charge in [0.15, 0.2) is 0 Å². The third kappa shape index (κ3) is 5.18. The summed E-state index contributed by atoms with van der Waals surface area (Å²) in [7, 11) is 0. The summed E-state index contributed by atoms with van der Waals surface area (Å²) in [5.74, 6) is 1.58. The lowest BCUT2D eigenvalue weighted by molar-refractivity contribution is 0.187. The average Bonchev–Trinajstić information content (AvgIpc) is 2.87. The molecule has 0 heterocycles. The van der Waals surface area contributed by atoms with Crippen molar-refractivity contribution in [1.29, 1.82) is 0 Å². The van der Waals surface area contributed by atoms with Crippen molar-refractivity contribution in [2.45, 2.75) is 109 Å². The molecule has 2 aromatic carbocycles. The summed E-state index contributed by atoms with van der Waals surface area (Å²) in [6.07, 6.45) is 15.7. The number of nitrogens with zero attached hydrogens (tertiary/aromatic N) is 2. The summed E-state index contributed by atoms with van der Waals surface area (Å²) in [5.41, 5.74) is 5.68. The van der Waals surface area contributed by atoms with Crippen molar-refractivity contribution < 1.29 is 5.11 Å². The molecule has 2 fully saturated rings. The number of hydrogen-bond donors (Lipinski definition) is 1. The fraction of sp³-hybridized carbons (Fsp3) is 0.600. The first kappa shape index (κ1) is 24.0. The van der Waals surface area contributed by atoms with E-state index in [0.29, 0.717) is 11.6 Å². The quantitative estimate of drug-likeness (QED) is 0.422. The molecule has 33 heavy (non-hydrogen) atoms. The molecule has 2 aliphatic carbocycles. The van der Waals surface area contributed by atoms with Crippen LogP contribution in [0.5, 0.6) is 5.75 Å². The number of phenolic OH excluding ortho intramolecular Hbond substituents is 1. The Morgan fingerprint density at radius 3 is 2.06 bits per heavy atom. The SMILES string of the molecule is CCC(CC)(c1ccc(N=Nc2cc(C3CCCCC3)ccc2O)c(C)c1)C1CCCCC1. The highest BCUT2D eigenvalue weighted by Gasteiger charge is 2.37. The van der Waals surface area contributed by atoms with Gasteiger partial charge in [-0.3, -0.25) is 0 Å². The first-order valence-corrected chi connectivity index (χ1v) is 13.4. The van der Waals surface area contributed by atoms with Crippen LogP contribution in [0, 0.1) is 12.8 Å². The zero-order valence-electron chi connectivity index (χ0n) is 20.9. The molecule has 2 aromatic rings. The second kappa shape index (κ2) is 10.8. The molecule has 2 aliphatic rings. The van der Waals surface area contributed by atoms with E-state index in [1.807, 2.05) is 6.07 Å². The third-order valence-corrected chi connectivity index (χ3v) is 8.76. The summed E-state index contributed by atoms with van der Waals surface area (Å²) >= 11 is 0. The highest BCUT2D eigenvalue weighted by Crippen LogP contribution is 2.46. The Morgan fingerprint density at radius 1 is 0.788 bits per heavy atom. The van der Waals surface area contributed by atoms with Gasteiger partial charge in [0.05, 0.1) is 5.69 Å². The van der Waals surface area contributed by atoms with E-state index in [9.17, 15) is 5.11 Å². The monoisotopic (exact) mass is 446 g/mol. The molecule has 1 N–H and O–H groups in total. The second-order valence-corrected chi connectivity index (χ2v) is 10.5. The first-order valence-electron chi connectivity index (χ1n) is 13.4. The van der Waals surface area contributed by atoms with Gasteiger partial charge < -0.3 is 5.11 Å². The van der Waals surface area contributed by atoms with Crippen molar-refractivity contribution in [3.05, 3.63) is 53.1 Å². The normalized spacial score (nSPS) is 18.8. The molecular formula is C30H42N2O. The van der Waals surface area contributed by atoms with Gasteiger partial charge >= 0.3 is 0 Å². The third-order valence-electron chi connectivity index (χ3n) is 8.76. The van der Waals surface area contributed by atoms with Crippen LogP contribution in [0.15, 0.2) is 46.6 Å². The molecule has 0 aliphatic heterocycles. The lowest BCUT2D eigenvalue weighted by atomic mass is 9.62. The zero-order valence-corrected chi connectivity index (χ0v) is 20.9. The topological polar surface area (TPSA) is 45.0 Å². The molecule has 0 atom stereocenters. The molecule has 4 rings (SSSR count). The van der Waals surface area contributed by atoms with Crippen LogP contribution >= 0.6 is 0 Å². The van der Waals surface area contributed by atoms with Crippen molar-refractivity contribution in [3.8, 4) is 5.75 Å². The van der Waals surface area contributed by atoms with Crippen LogP contribution in [0.4, 0.5) is 11.4 Å². The van der Waals surface area contributed by atoms with E-state index in [-0.39, 0.29) is 11.2 Å². The molecule has 0 amide bonds. The predicted molar refractivity (Wildman–Crippen MR) is 138 cm³/mol.